The van der Waals surface area contributed by atoms with E-state index in [9.17, 15) is 14.7 Å². The molecule has 1 aromatic carbocycles. The second-order valence-electron chi connectivity index (χ2n) is 6.86. The number of rotatable bonds is 3. The number of aliphatic hydroxyl groups is 1. The molecule has 1 unspecified atom stereocenters. The van der Waals surface area contributed by atoms with Gasteiger partial charge in [-0.05, 0) is 31.9 Å². The topological polar surface area (TPSA) is 69.6 Å². The molecule has 1 heterocycles. The van der Waals surface area contributed by atoms with E-state index in [1.54, 1.807) is 25.1 Å². The quantitative estimate of drug-likeness (QED) is 0.800. The van der Waals surface area contributed by atoms with Crippen molar-refractivity contribution in [3.63, 3.8) is 0 Å². The van der Waals surface area contributed by atoms with Gasteiger partial charge in [0.25, 0.3) is 5.91 Å². The van der Waals surface area contributed by atoms with Crippen molar-refractivity contribution in [2.75, 3.05) is 6.54 Å². The first kappa shape index (κ1) is 17.5. The molecule has 24 heavy (non-hydrogen) atoms. The van der Waals surface area contributed by atoms with Crippen LogP contribution in [0.1, 0.15) is 44.6 Å². The van der Waals surface area contributed by atoms with Gasteiger partial charge in [-0.1, -0.05) is 48.5 Å². The molecule has 0 spiro atoms. The number of halogens is 2. The van der Waals surface area contributed by atoms with Gasteiger partial charge in [0.1, 0.15) is 5.54 Å². The molecule has 1 saturated heterocycles. The first-order chi connectivity index (χ1) is 11.3. The second-order valence-corrected chi connectivity index (χ2v) is 7.70. The number of nitrogens with one attached hydrogen (secondary N) is 1. The molecule has 2 fully saturated rings. The first-order valence-electron chi connectivity index (χ1n) is 8.07. The number of carbonyl (C=O) groups is 2. The maximum absolute atomic E-state index is 12.9. The third kappa shape index (κ3) is 3.01. The van der Waals surface area contributed by atoms with E-state index < -0.39 is 23.1 Å². The van der Waals surface area contributed by atoms with E-state index in [2.05, 4.69) is 5.32 Å². The maximum atomic E-state index is 12.9. The molecule has 0 bridgehead atoms. The summed E-state index contributed by atoms with van der Waals surface area (Å²) in [5.41, 5.74) is -1.77. The van der Waals surface area contributed by atoms with Gasteiger partial charge in [0.15, 0.2) is 0 Å². The molecule has 1 saturated carbocycles. The predicted molar refractivity (Wildman–Crippen MR) is 92.1 cm³/mol. The van der Waals surface area contributed by atoms with Crippen LogP contribution in [-0.2, 0) is 10.3 Å². The summed E-state index contributed by atoms with van der Waals surface area (Å²) >= 11 is 12.1. The minimum atomic E-state index is -1.26. The largest absolute Gasteiger partial charge is 0.388 e. The third-order valence-electron chi connectivity index (χ3n) is 4.98. The summed E-state index contributed by atoms with van der Waals surface area (Å²) in [7, 11) is 0. The molecule has 7 heteroatoms. The van der Waals surface area contributed by atoms with Crippen molar-refractivity contribution < 1.29 is 14.7 Å². The van der Waals surface area contributed by atoms with E-state index in [1.807, 2.05) is 0 Å². The second kappa shape index (κ2) is 6.21. The van der Waals surface area contributed by atoms with Crippen molar-refractivity contribution in [1.29, 1.82) is 0 Å². The Morgan fingerprint density at radius 3 is 2.50 bits per heavy atom. The third-order valence-corrected chi connectivity index (χ3v) is 5.53. The van der Waals surface area contributed by atoms with Gasteiger partial charge in [-0.2, -0.15) is 0 Å². The van der Waals surface area contributed by atoms with Gasteiger partial charge in [0.2, 0.25) is 0 Å². The Labute approximate surface area is 150 Å². The Hall–Kier alpha value is -1.30. The summed E-state index contributed by atoms with van der Waals surface area (Å²) in [6.45, 7) is 1.63. The first-order valence-corrected chi connectivity index (χ1v) is 8.83. The molecule has 0 radical (unpaired) electrons. The zero-order valence-corrected chi connectivity index (χ0v) is 15.0. The average Bonchev–Trinajstić information content (AvgIpc) is 2.72. The standard InChI is InChI=1S/C17H20Cl2N2O3/c1-16(12-6-5-11(18)9-13(12)19)14(22)21(15(23)20-16)10-17(24)7-3-2-4-8-17/h5-6,9,24H,2-4,7-8,10H2,1H3,(H,20,23). The fourth-order valence-electron chi connectivity index (χ4n) is 3.58. The van der Waals surface area contributed by atoms with Crippen LogP contribution in [0.3, 0.4) is 0 Å². The molecule has 0 aromatic heterocycles. The lowest BCUT2D eigenvalue weighted by atomic mass is 9.84. The van der Waals surface area contributed by atoms with Gasteiger partial charge < -0.3 is 10.4 Å². The lowest BCUT2D eigenvalue weighted by Gasteiger charge is -2.34. The zero-order valence-electron chi connectivity index (χ0n) is 13.4. The van der Waals surface area contributed by atoms with Crippen LogP contribution in [-0.4, -0.2) is 34.1 Å². The summed E-state index contributed by atoms with van der Waals surface area (Å²) in [6, 6.07) is 4.31. The van der Waals surface area contributed by atoms with Gasteiger partial charge in [0.05, 0.1) is 12.1 Å². The highest BCUT2D eigenvalue weighted by Gasteiger charge is 2.51. The van der Waals surface area contributed by atoms with Gasteiger partial charge >= 0.3 is 6.03 Å². The number of nitrogens with zero attached hydrogens (tertiary/aromatic N) is 1. The van der Waals surface area contributed by atoms with Crippen molar-refractivity contribution in [3.8, 4) is 0 Å². The Bertz CT molecular complexity index is 688. The molecule has 1 atom stereocenters. The number of carbonyl (C=O) groups excluding carboxylic acids is 2. The highest BCUT2D eigenvalue weighted by molar-refractivity contribution is 6.35. The molecule has 1 aromatic rings. The van der Waals surface area contributed by atoms with Crippen LogP contribution in [0.15, 0.2) is 18.2 Å². The van der Waals surface area contributed by atoms with Crippen LogP contribution < -0.4 is 5.32 Å². The molecule has 1 aliphatic heterocycles. The van der Waals surface area contributed by atoms with Gasteiger partial charge in [-0.25, -0.2) is 4.79 Å². The number of imide groups is 1. The number of β-amino-alcohol motifs (C(OH)–C–C–N with tert-alkyl or cyclic N) is 1. The molecule has 2 aliphatic rings. The van der Waals surface area contributed by atoms with Gasteiger partial charge in [-0.3, -0.25) is 9.69 Å². The van der Waals surface area contributed by atoms with Gasteiger partial charge in [0, 0.05) is 15.6 Å². The molecular weight excluding hydrogens is 351 g/mol. The molecule has 2 N–H and O–H groups in total. The predicted octanol–water partition coefficient (Wildman–Crippen LogP) is 3.46. The average molecular weight is 371 g/mol. The number of urea groups is 1. The van der Waals surface area contributed by atoms with Crippen molar-refractivity contribution in [1.82, 2.24) is 10.2 Å². The highest BCUT2D eigenvalue weighted by Crippen LogP contribution is 2.37. The Balaban J connectivity index is 1.88. The number of benzene rings is 1. The fraction of sp³-hybridized carbons (Fsp3) is 0.529. The molecule has 1 aliphatic carbocycles. The zero-order chi connectivity index (χ0) is 17.5. The van der Waals surface area contributed by atoms with Crippen LogP contribution in [0, 0.1) is 0 Å². The Morgan fingerprint density at radius 2 is 1.88 bits per heavy atom. The Morgan fingerprint density at radius 1 is 1.21 bits per heavy atom. The van der Waals surface area contributed by atoms with Gasteiger partial charge in [-0.15, -0.1) is 0 Å². The van der Waals surface area contributed by atoms with Crippen LogP contribution in [0.25, 0.3) is 0 Å². The fourth-order valence-corrected chi connectivity index (χ4v) is 4.18. The summed E-state index contributed by atoms with van der Waals surface area (Å²) in [5.74, 6) is -0.407. The summed E-state index contributed by atoms with van der Waals surface area (Å²) in [4.78, 5) is 26.4. The van der Waals surface area contributed by atoms with E-state index in [-0.39, 0.29) is 6.54 Å². The molecule has 3 rings (SSSR count). The maximum Gasteiger partial charge on any atom is 0.325 e. The number of hydrogen-bond acceptors (Lipinski definition) is 3. The minimum Gasteiger partial charge on any atom is -0.388 e. The van der Waals surface area contributed by atoms with Crippen molar-refractivity contribution >= 4 is 35.1 Å². The molecule has 3 amide bonds. The smallest absolute Gasteiger partial charge is 0.325 e. The summed E-state index contributed by atoms with van der Waals surface area (Å²) < 4.78 is 0. The summed E-state index contributed by atoms with van der Waals surface area (Å²) in [5, 5.41) is 14.2. The van der Waals surface area contributed by atoms with E-state index in [0.29, 0.717) is 28.5 Å². The van der Waals surface area contributed by atoms with E-state index in [1.165, 1.54) is 0 Å². The SMILES string of the molecule is CC1(c2ccc(Cl)cc2Cl)NC(=O)N(CC2(O)CCCCC2)C1=O. The minimum absolute atomic E-state index is 0.0124. The molecule has 5 nitrogen and oxygen atoms in total. The van der Waals surface area contributed by atoms with Crippen molar-refractivity contribution in [2.24, 2.45) is 0 Å². The van der Waals surface area contributed by atoms with Crippen LogP contribution in [0.4, 0.5) is 4.79 Å². The van der Waals surface area contributed by atoms with Crippen molar-refractivity contribution in [2.45, 2.75) is 50.2 Å². The van der Waals surface area contributed by atoms with Crippen LogP contribution in [0.2, 0.25) is 10.0 Å². The highest BCUT2D eigenvalue weighted by atomic mass is 35.5. The monoisotopic (exact) mass is 370 g/mol. The van der Waals surface area contributed by atoms with Crippen LogP contribution >= 0.6 is 23.2 Å². The number of hydrogen-bond donors (Lipinski definition) is 2. The molecular formula is C17H20Cl2N2O3. The number of amides is 3. The normalized spacial score (nSPS) is 26.6. The van der Waals surface area contributed by atoms with E-state index in [0.717, 1.165) is 24.2 Å². The lowest BCUT2D eigenvalue weighted by molar-refractivity contribution is -0.134. The van der Waals surface area contributed by atoms with E-state index >= 15 is 0 Å². The van der Waals surface area contributed by atoms with Crippen molar-refractivity contribution in [3.05, 3.63) is 33.8 Å². The summed E-state index contributed by atoms with van der Waals surface area (Å²) in [6.07, 6.45) is 4.08. The van der Waals surface area contributed by atoms with Crippen LogP contribution in [0.5, 0.6) is 0 Å². The molecule has 130 valence electrons. The lowest BCUT2D eigenvalue weighted by Crippen LogP contribution is -2.48. The van der Waals surface area contributed by atoms with E-state index in [4.69, 9.17) is 23.2 Å². The Kier molecular flexibility index (Phi) is 4.53.